The van der Waals surface area contributed by atoms with Gasteiger partial charge in [0.15, 0.2) is 8.32 Å². The van der Waals surface area contributed by atoms with Crippen molar-refractivity contribution in [2.45, 2.75) is 90.8 Å². The summed E-state index contributed by atoms with van der Waals surface area (Å²) < 4.78 is 6.72. The van der Waals surface area contributed by atoms with Crippen molar-refractivity contribution < 1.29 is 55.4 Å². The van der Waals surface area contributed by atoms with Crippen LogP contribution in [0.1, 0.15) is 71.1 Å². The molecule has 4 saturated carbocycles. The number of halogens is 2. The number of allylic oxidation sites excluding steroid dienone is 8. The van der Waals surface area contributed by atoms with Crippen LogP contribution in [0.25, 0.3) is 0 Å². The van der Waals surface area contributed by atoms with Crippen molar-refractivity contribution in [1.82, 2.24) is 0 Å². The molecule has 6 aliphatic carbocycles. The third-order valence-electron chi connectivity index (χ3n) is 12.0. The van der Waals surface area contributed by atoms with E-state index in [9.17, 15) is 0 Å². The monoisotopic (exact) mass is 664 g/mol. The van der Waals surface area contributed by atoms with E-state index in [4.69, 9.17) is 4.43 Å². The summed E-state index contributed by atoms with van der Waals surface area (Å²) in [6, 6.07) is 0. The van der Waals surface area contributed by atoms with Crippen molar-refractivity contribution in [3.63, 3.8) is 0 Å². The van der Waals surface area contributed by atoms with Gasteiger partial charge in [-0.1, -0.05) is 81.2 Å². The summed E-state index contributed by atoms with van der Waals surface area (Å²) in [7, 11) is -1.54. The average molecular weight is 667 g/mol. The summed E-state index contributed by atoms with van der Waals surface area (Å²) in [4.78, 5) is 0. The van der Waals surface area contributed by atoms with Crippen LogP contribution in [-0.4, -0.2) is 14.9 Å². The van der Waals surface area contributed by atoms with Crippen molar-refractivity contribution >= 4 is 8.32 Å². The Labute approximate surface area is 272 Å². The minimum absolute atomic E-state index is 0. The predicted octanol–water partition coefficient (Wildman–Crippen LogP) is 3.22. The smallest absolute Gasteiger partial charge is 1.00 e. The van der Waals surface area contributed by atoms with Crippen LogP contribution < -0.4 is 24.8 Å². The zero-order chi connectivity index (χ0) is 24.9. The SMILES string of the molecule is CCC(CCO[Si](C)(C)C)(C1C2C=CC=CC2C2CCCCC21)C1C2C=CC=CC2C2CCCCC21.[Cl-].[Cl-].[Zr+2]. The summed E-state index contributed by atoms with van der Waals surface area (Å²) in [5.74, 6) is 8.39. The molecule has 0 aliphatic heterocycles. The van der Waals surface area contributed by atoms with E-state index < -0.39 is 8.32 Å². The molecule has 10 atom stereocenters. The molecule has 1 nitrogen and oxygen atoms in total. The second-order valence-corrected chi connectivity index (χ2v) is 18.9. The Morgan fingerprint density at radius 2 is 1.03 bits per heavy atom. The largest absolute Gasteiger partial charge is 2.00 e. The Morgan fingerprint density at radius 1 is 0.641 bits per heavy atom. The Hall–Kier alpha value is 0.600. The van der Waals surface area contributed by atoms with Gasteiger partial charge in [-0.15, -0.1) is 0 Å². The molecule has 0 amide bonds. The number of hydrogen-bond donors (Lipinski definition) is 0. The van der Waals surface area contributed by atoms with Gasteiger partial charge in [0.05, 0.1) is 0 Å². The second-order valence-electron chi connectivity index (χ2n) is 14.4. The fourth-order valence-electron chi connectivity index (χ4n) is 11.0. The van der Waals surface area contributed by atoms with Gasteiger partial charge in [-0.05, 0) is 123 Å². The first kappa shape index (κ1) is 34.1. The summed E-state index contributed by atoms with van der Waals surface area (Å²) >= 11 is 0. The Bertz CT molecular complexity index is 863. The summed E-state index contributed by atoms with van der Waals surface area (Å²) in [6.07, 6.45) is 34.6. The van der Waals surface area contributed by atoms with E-state index in [1.807, 2.05) is 0 Å². The molecule has 0 aromatic rings. The van der Waals surface area contributed by atoms with Crippen LogP contribution in [0.4, 0.5) is 0 Å². The van der Waals surface area contributed by atoms with Crippen molar-refractivity contribution in [1.29, 1.82) is 0 Å². The first-order chi connectivity index (χ1) is 17.4. The zero-order valence-corrected chi connectivity index (χ0v) is 29.8. The maximum absolute atomic E-state index is 6.72. The van der Waals surface area contributed by atoms with Crippen molar-refractivity contribution in [2.75, 3.05) is 6.61 Å². The fourth-order valence-corrected chi connectivity index (χ4v) is 11.7. The average Bonchev–Trinajstić information content (AvgIpc) is 3.41. The molecule has 0 saturated heterocycles. The third kappa shape index (κ3) is 6.16. The molecule has 10 unspecified atom stereocenters. The van der Waals surface area contributed by atoms with Crippen LogP contribution in [0.15, 0.2) is 48.6 Å². The Kier molecular flexibility index (Phi) is 12.2. The van der Waals surface area contributed by atoms with Gasteiger partial charge in [-0.2, -0.15) is 0 Å². The molecule has 6 rings (SSSR count). The second kappa shape index (κ2) is 13.9. The van der Waals surface area contributed by atoms with Crippen molar-refractivity contribution in [2.24, 2.45) is 64.6 Å². The molecule has 0 spiro atoms. The topological polar surface area (TPSA) is 9.23 Å². The van der Waals surface area contributed by atoms with Crippen molar-refractivity contribution in [3.05, 3.63) is 48.6 Å². The summed E-state index contributed by atoms with van der Waals surface area (Å²) in [5.41, 5.74) is 0.393. The van der Waals surface area contributed by atoms with Gasteiger partial charge < -0.3 is 29.2 Å². The van der Waals surface area contributed by atoms with E-state index in [-0.39, 0.29) is 51.0 Å². The van der Waals surface area contributed by atoms with E-state index in [2.05, 4.69) is 75.2 Å². The van der Waals surface area contributed by atoms with Gasteiger partial charge >= 0.3 is 26.2 Å². The normalized spacial score (nSPS) is 41.1. The number of fused-ring (bicyclic) bond motifs is 6. The van der Waals surface area contributed by atoms with Crippen LogP contribution in [0.3, 0.4) is 0 Å². The molecule has 0 aromatic carbocycles. The van der Waals surface area contributed by atoms with Gasteiger partial charge in [0.25, 0.3) is 0 Å². The molecule has 216 valence electrons. The maximum atomic E-state index is 6.72. The molecule has 4 fully saturated rings. The van der Waals surface area contributed by atoms with Gasteiger partial charge in [-0.3, -0.25) is 0 Å². The summed E-state index contributed by atoms with van der Waals surface area (Å²) in [5, 5.41) is 0. The molecular weight excluding hydrogens is 615 g/mol. The first-order valence-corrected chi connectivity index (χ1v) is 19.2. The quantitative estimate of drug-likeness (QED) is 0.380. The minimum atomic E-state index is -1.54. The molecule has 0 heterocycles. The van der Waals surface area contributed by atoms with Gasteiger partial charge in [0.2, 0.25) is 0 Å². The molecule has 0 N–H and O–H groups in total. The molecule has 6 aliphatic rings. The van der Waals surface area contributed by atoms with Crippen LogP contribution in [0, 0.1) is 64.6 Å². The van der Waals surface area contributed by atoms with Gasteiger partial charge in [-0.25, -0.2) is 0 Å². The Balaban J connectivity index is 0.00000140. The Morgan fingerprint density at radius 3 is 1.41 bits per heavy atom. The standard InChI is InChI=1S/C34H52OSi.2ClH.Zr/c1-5-34(22-23-35-36(2,3)4,32-28-18-10-6-14-24(28)25-15-7-11-19-29(25)32)33-30-20-12-8-16-26(30)27-17-9-13-21-31(27)33;;;/h6,8,10,12,14,16,18,20,24-33H,5,7,9,11,13,15,17,19,21-23H2,1-4H3;2*1H;/q;;;+2/p-2. The predicted molar refractivity (Wildman–Crippen MR) is 155 cm³/mol. The molecule has 5 heteroatoms. The van der Waals surface area contributed by atoms with Gasteiger partial charge in [0.1, 0.15) is 0 Å². The van der Waals surface area contributed by atoms with E-state index in [1.165, 1.54) is 64.2 Å². The molecular formula is C34H52Cl2OSiZr. The minimum Gasteiger partial charge on any atom is -1.00 e. The zero-order valence-electron chi connectivity index (χ0n) is 24.8. The van der Waals surface area contributed by atoms with Gasteiger partial charge in [0, 0.05) is 6.61 Å². The van der Waals surface area contributed by atoms with Crippen LogP contribution >= 0.6 is 0 Å². The maximum Gasteiger partial charge on any atom is 2.00 e. The van der Waals surface area contributed by atoms with E-state index >= 15 is 0 Å². The van der Waals surface area contributed by atoms with E-state index in [0.717, 1.165) is 65.8 Å². The van der Waals surface area contributed by atoms with Crippen LogP contribution in [0.5, 0.6) is 0 Å². The van der Waals surface area contributed by atoms with Crippen LogP contribution in [0.2, 0.25) is 19.6 Å². The van der Waals surface area contributed by atoms with E-state index in [1.54, 1.807) is 0 Å². The van der Waals surface area contributed by atoms with E-state index in [0.29, 0.717) is 5.41 Å². The number of hydrogen-bond acceptors (Lipinski definition) is 1. The molecule has 0 bridgehead atoms. The fraction of sp³-hybridized carbons (Fsp3) is 0.765. The molecule has 0 radical (unpaired) electrons. The first-order valence-electron chi connectivity index (χ1n) is 15.8. The number of rotatable bonds is 7. The summed E-state index contributed by atoms with van der Waals surface area (Å²) in [6.45, 7) is 10.7. The molecule has 39 heavy (non-hydrogen) atoms. The third-order valence-corrected chi connectivity index (χ3v) is 13.1. The van der Waals surface area contributed by atoms with Crippen LogP contribution in [-0.2, 0) is 30.6 Å². The van der Waals surface area contributed by atoms with Crippen molar-refractivity contribution in [3.8, 4) is 0 Å². The molecule has 0 aromatic heterocycles.